The van der Waals surface area contributed by atoms with Gasteiger partial charge in [-0.2, -0.15) is 0 Å². The number of aromatic nitrogens is 3. The van der Waals surface area contributed by atoms with E-state index in [0.29, 0.717) is 55.6 Å². The Balaban J connectivity index is 0.000000217. The minimum absolute atomic E-state index is 0. The van der Waals surface area contributed by atoms with Crippen LogP contribution in [0.3, 0.4) is 0 Å². The largest absolute Gasteiger partial charge is 0.500 e. The van der Waals surface area contributed by atoms with E-state index >= 15 is 0 Å². The number of rotatable bonds is 3. The molecular weight excluding hydrogens is 687 g/mol. The molecule has 0 aliphatic rings. The third-order valence-electron chi connectivity index (χ3n) is 6.05. The molecule has 0 amide bonds. The smallest absolute Gasteiger partial charge is 0.220 e. The molecule has 0 unspecified atom stereocenters. The van der Waals surface area contributed by atoms with Crippen LogP contribution >= 0.6 is 0 Å². The van der Waals surface area contributed by atoms with Gasteiger partial charge >= 0.3 is 0 Å². The average Bonchev–Trinajstić information content (AvgIpc) is 3.63. The molecule has 5 aromatic heterocycles. The van der Waals surface area contributed by atoms with E-state index in [2.05, 4.69) is 27.1 Å². The Morgan fingerprint density at radius 1 is 0.854 bits per heavy atom. The molecule has 6 heteroatoms. The van der Waals surface area contributed by atoms with Crippen molar-refractivity contribution >= 4 is 33.2 Å². The molecule has 0 saturated heterocycles. The van der Waals surface area contributed by atoms with E-state index in [-0.39, 0.29) is 42.6 Å². The van der Waals surface area contributed by atoms with Crippen molar-refractivity contribution < 1.29 is 44.0 Å². The van der Waals surface area contributed by atoms with Crippen LogP contribution in [0.1, 0.15) is 58.2 Å². The summed E-state index contributed by atoms with van der Waals surface area (Å²) in [5.41, 5.74) is 3.89. The molecule has 0 fully saturated rings. The molecule has 0 atom stereocenters. The van der Waals surface area contributed by atoms with E-state index in [9.17, 15) is 0 Å². The van der Waals surface area contributed by atoms with Gasteiger partial charge in [0.2, 0.25) is 5.71 Å². The Morgan fingerprint density at radius 3 is 2.41 bits per heavy atom. The van der Waals surface area contributed by atoms with Gasteiger partial charge in [-0.25, -0.2) is 4.98 Å². The zero-order valence-corrected chi connectivity index (χ0v) is 24.7. The fourth-order valence-corrected chi connectivity index (χ4v) is 4.44. The van der Waals surface area contributed by atoms with E-state index < -0.39 is 32.3 Å². The number of aryl methyl sites for hydroxylation is 3. The number of hydrogen-bond donors (Lipinski definition) is 0. The molecule has 0 N–H and O–H groups in total. The van der Waals surface area contributed by atoms with Gasteiger partial charge in [-0.15, -0.1) is 47.5 Å². The van der Waals surface area contributed by atoms with Crippen LogP contribution in [-0.2, 0) is 26.5 Å². The maximum atomic E-state index is 8.58. The van der Waals surface area contributed by atoms with Crippen LogP contribution in [-0.4, -0.2) is 15.0 Å². The molecule has 0 saturated carbocycles. The van der Waals surface area contributed by atoms with Crippen molar-refractivity contribution in [2.75, 3.05) is 0 Å². The molecule has 2 aromatic carbocycles. The molecule has 0 aliphatic heterocycles. The molecule has 0 bridgehead atoms. The van der Waals surface area contributed by atoms with Crippen molar-refractivity contribution in [2.45, 2.75) is 47.7 Å². The third-order valence-corrected chi connectivity index (χ3v) is 6.05. The van der Waals surface area contributed by atoms with E-state index in [1.165, 1.54) is 30.5 Å². The van der Waals surface area contributed by atoms with Crippen LogP contribution in [0.5, 0.6) is 0 Å². The van der Waals surface area contributed by atoms with Crippen LogP contribution in [0.25, 0.3) is 55.7 Å². The Hall–Kier alpha value is -3.86. The fourth-order valence-electron chi connectivity index (χ4n) is 4.44. The Labute approximate surface area is 269 Å². The van der Waals surface area contributed by atoms with Gasteiger partial charge in [0.15, 0.2) is 0 Å². The van der Waals surface area contributed by atoms with Gasteiger partial charge in [0.1, 0.15) is 5.58 Å². The van der Waals surface area contributed by atoms with Crippen molar-refractivity contribution in [3.8, 4) is 22.5 Å². The first kappa shape index (κ1) is 17.8. The summed E-state index contributed by atoms with van der Waals surface area (Å²) in [6.07, 6.45) is 1.28. The zero-order valence-electron chi connectivity index (χ0n) is 33.3. The number of pyridine rings is 3. The minimum Gasteiger partial charge on any atom is -0.500 e. The Kier molecular flexibility index (Phi) is 4.87. The predicted octanol–water partition coefficient (Wildman–Crippen LogP) is 9.09. The molecule has 7 rings (SSSR count). The van der Waals surface area contributed by atoms with Crippen LogP contribution in [0.4, 0.5) is 0 Å². The Morgan fingerprint density at radius 2 is 1.71 bits per heavy atom. The average molecular weight is 729 g/mol. The monoisotopic (exact) mass is 729 g/mol. The summed E-state index contributed by atoms with van der Waals surface area (Å²) >= 11 is 0. The second kappa shape index (κ2) is 11.2. The van der Waals surface area contributed by atoms with Gasteiger partial charge in [-0.05, 0) is 53.9 Å². The summed E-state index contributed by atoms with van der Waals surface area (Å²) < 4.78 is 95.6. The van der Waals surface area contributed by atoms with Crippen molar-refractivity contribution in [3.63, 3.8) is 0 Å². The molecule has 0 aliphatic carbocycles. The van der Waals surface area contributed by atoms with Crippen molar-refractivity contribution in [3.05, 3.63) is 102 Å². The topological polar surface area (TPSA) is 65.0 Å². The molecule has 5 heterocycles. The van der Waals surface area contributed by atoms with Gasteiger partial charge in [-0.1, -0.05) is 56.9 Å². The van der Waals surface area contributed by atoms with Gasteiger partial charge in [-0.3, -0.25) is 0 Å². The fraction of sp³-hybridized carbons (Fsp3) is 0.229. The van der Waals surface area contributed by atoms with Gasteiger partial charge in [0.05, 0.1) is 16.6 Å². The minimum atomic E-state index is -2.39. The van der Waals surface area contributed by atoms with Crippen LogP contribution in [0, 0.1) is 38.1 Å². The summed E-state index contributed by atoms with van der Waals surface area (Å²) in [4.78, 5) is 12.7. The quantitative estimate of drug-likeness (QED) is 0.170. The standard InChI is InChI=1S/C22H19N2O2.C13H12N.Ir/c1-12-9-17-19-18-16(25-17)6-5-14(20(18)26-21(19)24-12)15-10-13(7-8-23-15)11-22(2,3)4;1-10-3-6-12(7-4-10)13-8-5-11(2)9-14-13;/h6-10H,11H2,1-4H3;3-6,8-9H,1-2H3;/q2*-1;/i1D3,11D2;1D3,2D3;. The number of hydrogen-bond acceptors (Lipinski definition) is 5. The second-order valence-corrected chi connectivity index (χ2v) is 10.3. The molecule has 1 radical (unpaired) electrons. The second-order valence-electron chi connectivity index (χ2n) is 10.3. The van der Waals surface area contributed by atoms with Gasteiger partial charge in [0.25, 0.3) is 0 Å². The van der Waals surface area contributed by atoms with E-state index in [1.807, 2.05) is 20.8 Å². The summed E-state index contributed by atoms with van der Waals surface area (Å²) in [5.74, 6) is 0. The molecule has 41 heavy (non-hydrogen) atoms. The summed E-state index contributed by atoms with van der Waals surface area (Å²) in [6, 6.07) is 20.0. The summed E-state index contributed by atoms with van der Waals surface area (Å²) in [7, 11) is 0. The molecule has 209 valence electrons. The van der Waals surface area contributed by atoms with E-state index in [1.54, 1.807) is 36.5 Å². The predicted molar refractivity (Wildman–Crippen MR) is 160 cm³/mol. The van der Waals surface area contributed by atoms with E-state index in [0.717, 1.165) is 0 Å². The third kappa shape index (κ3) is 5.95. The number of furan rings is 2. The summed E-state index contributed by atoms with van der Waals surface area (Å²) in [5, 5.41) is 1.31. The maximum Gasteiger partial charge on any atom is 0.220 e. The van der Waals surface area contributed by atoms with Crippen molar-refractivity contribution in [1.29, 1.82) is 0 Å². The van der Waals surface area contributed by atoms with Crippen LogP contribution in [0.2, 0.25) is 0 Å². The van der Waals surface area contributed by atoms with Crippen molar-refractivity contribution in [1.82, 2.24) is 15.0 Å². The van der Waals surface area contributed by atoms with Gasteiger partial charge in [0, 0.05) is 59.3 Å². The first-order valence-corrected chi connectivity index (χ1v) is 12.5. The normalized spacial score (nSPS) is 16.8. The first-order valence-electron chi connectivity index (χ1n) is 18.0. The maximum absolute atomic E-state index is 8.58. The first-order chi connectivity index (χ1) is 23.6. The molecule has 0 spiro atoms. The van der Waals surface area contributed by atoms with Crippen LogP contribution in [0.15, 0.2) is 75.8 Å². The van der Waals surface area contributed by atoms with Crippen molar-refractivity contribution in [2.24, 2.45) is 5.41 Å². The number of nitrogens with zero attached hydrogens (tertiary/aromatic N) is 3. The zero-order chi connectivity index (χ0) is 37.3. The number of benzene rings is 2. The van der Waals surface area contributed by atoms with Gasteiger partial charge < -0.3 is 18.8 Å². The summed E-state index contributed by atoms with van der Waals surface area (Å²) in [6.45, 7) is -1.19. The Bertz CT molecular complexity index is 2280. The van der Waals surface area contributed by atoms with E-state index in [4.69, 9.17) is 23.9 Å². The SMILES string of the molecule is [2H]C([2H])([2H])c1c[c-]c(-c2ccc(C([2H])([2H])[2H])cn2)cc1.[2H]C([2H])([2H])c1cc2oc3c[c-]c(-c4cc(C([2H])([2H])C(C)(C)C)ccn4)c4oc(n1)c2c34.[Ir]. The molecular formula is C35H31IrN3O2-2. The molecule has 5 nitrogen and oxygen atoms in total. The van der Waals surface area contributed by atoms with Crippen LogP contribution < -0.4 is 0 Å². The molecule has 7 aromatic rings.